The molecule has 2 aromatic heterocycles. The van der Waals surface area contributed by atoms with Gasteiger partial charge in [-0.2, -0.15) is 5.10 Å². The number of aromatic amines is 1. The number of hydrogen-bond acceptors (Lipinski definition) is 6. The summed E-state index contributed by atoms with van der Waals surface area (Å²) in [6.07, 6.45) is 2.99. The van der Waals surface area contributed by atoms with Crippen molar-refractivity contribution in [3.05, 3.63) is 76.1 Å². The quantitative estimate of drug-likeness (QED) is 0.385. The van der Waals surface area contributed by atoms with Gasteiger partial charge < -0.3 is 5.32 Å². The van der Waals surface area contributed by atoms with Gasteiger partial charge in [0.1, 0.15) is 5.52 Å². The van der Waals surface area contributed by atoms with E-state index in [1.54, 1.807) is 17.8 Å². The Hall–Kier alpha value is -3.04. The molecule has 0 bridgehead atoms. The number of carbonyl (C=O) groups is 1. The van der Waals surface area contributed by atoms with E-state index in [1.807, 2.05) is 42.7 Å². The summed E-state index contributed by atoms with van der Waals surface area (Å²) in [5.41, 5.74) is 3.96. The highest BCUT2D eigenvalue weighted by Gasteiger charge is 2.14. The second kappa shape index (κ2) is 10.1. The fourth-order valence-electron chi connectivity index (χ4n) is 3.16. The minimum Gasteiger partial charge on any atom is -0.351 e. The van der Waals surface area contributed by atoms with Crippen molar-refractivity contribution in [2.45, 2.75) is 29.9 Å². The van der Waals surface area contributed by atoms with Crippen LogP contribution in [0.2, 0.25) is 0 Å². The molecule has 0 spiro atoms. The van der Waals surface area contributed by atoms with Crippen molar-refractivity contribution in [1.29, 1.82) is 0 Å². The number of aryl methyl sites for hydroxylation is 1. The zero-order chi connectivity index (χ0) is 22.5. The predicted octanol–water partition coefficient (Wildman–Crippen LogP) is 3.78. The lowest BCUT2D eigenvalue weighted by atomic mass is 10.1. The van der Waals surface area contributed by atoms with Crippen molar-refractivity contribution in [2.24, 2.45) is 0 Å². The molecule has 0 aliphatic carbocycles. The molecule has 4 rings (SSSR count). The number of fused-ring (bicyclic) bond motifs is 1. The Bertz CT molecular complexity index is 1280. The first-order valence-electron chi connectivity index (χ1n) is 10.2. The maximum Gasteiger partial charge on any atom is 0.290 e. The molecule has 0 saturated carbocycles. The topological polar surface area (TPSA) is 92.1 Å². The van der Waals surface area contributed by atoms with Crippen LogP contribution in [0.4, 0.5) is 0 Å². The zero-order valence-corrected chi connectivity index (χ0v) is 19.4. The van der Waals surface area contributed by atoms with E-state index in [-0.39, 0.29) is 17.2 Å². The van der Waals surface area contributed by atoms with Crippen molar-refractivity contribution in [1.82, 2.24) is 25.1 Å². The summed E-state index contributed by atoms with van der Waals surface area (Å²) in [5.74, 6) is 0.0462. The van der Waals surface area contributed by atoms with E-state index in [9.17, 15) is 9.59 Å². The normalized spacial score (nSPS) is 11.1. The van der Waals surface area contributed by atoms with Gasteiger partial charge in [0.25, 0.3) is 5.56 Å². The Balaban J connectivity index is 1.45. The number of carbonyl (C=O) groups excluding carboxylic acids is 1. The fourth-order valence-corrected chi connectivity index (χ4v) is 4.30. The number of H-pyrrole nitrogens is 1. The SMILES string of the molecule is CCc1ccc(-c2cc3c(=O)[nH]nc(SCC(=O)NCc4ccc(SC)cc4)n3n2)cc1. The van der Waals surface area contributed by atoms with E-state index in [4.69, 9.17) is 0 Å². The van der Waals surface area contributed by atoms with Crippen LogP contribution < -0.4 is 10.9 Å². The third kappa shape index (κ3) is 5.05. The summed E-state index contributed by atoms with van der Waals surface area (Å²) in [5, 5.41) is 14.5. The molecule has 1 amide bonds. The van der Waals surface area contributed by atoms with Gasteiger partial charge in [0, 0.05) is 17.0 Å². The molecule has 7 nitrogen and oxygen atoms in total. The molecule has 2 aromatic carbocycles. The number of hydrogen-bond donors (Lipinski definition) is 2. The molecular weight excluding hydrogens is 442 g/mol. The number of amides is 1. The van der Waals surface area contributed by atoms with Gasteiger partial charge >= 0.3 is 0 Å². The fraction of sp³-hybridized carbons (Fsp3) is 0.217. The largest absolute Gasteiger partial charge is 0.351 e. The summed E-state index contributed by atoms with van der Waals surface area (Å²) in [6, 6.07) is 17.9. The lowest BCUT2D eigenvalue weighted by Gasteiger charge is -2.06. The van der Waals surface area contributed by atoms with Crippen LogP contribution in [0.15, 0.2) is 69.4 Å². The molecule has 2 N–H and O–H groups in total. The van der Waals surface area contributed by atoms with Crippen LogP contribution in [0.5, 0.6) is 0 Å². The first-order chi connectivity index (χ1) is 15.6. The molecule has 0 saturated heterocycles. The summed E-state index contributed by atoms with van der Waals surface area (Å²) < 4.78 is 1.50. The molecule has 0 atom stereocenters. The monoisotopic (exact) mass is 465 g/mol. The highest BCUT2D eigenvalue weighted by Crippen LogP contribution is 2.22. The van der Waals surface area contributed by atoms with Gasteiger partial charge in [-0.1, -0.05) is 55.1 Å². The molecule has 0 radical (unpaired) electrons. The summed E-state index contributed by atoms with van der Waals surface area (Å²) in [4.78, 5) is 25.8. The number of nitrogens with zero attached hydrogens (tertiary/aromatic N) is 3. The first-order valence-corrected chi connectivity index (χ1v) is 12.4. The third-order valence-electron chi connectivity index (χ3n) is 5.02. The Morgan fingerprint density at radius 2 is 1.81 bits per heavy atom. The zero-order valence-electron chi connectivity index (χ0n) is 17.8. The van der Waals surface area contributed by atoms with E-state index in [2.05, 4.69) is 39.7 Å². The van der Waals surface area contributed by atoms with Gasteiger partial charge in [-0.3, -0.25) is 9.59 Å². The standard InChI is InChI=1S/C23H23N5O2S2/c1-3-15-4-8-17(9-5-15)19-12-20-22(30)25-26-23(28(20)27-19)32-14-21(29)24-13-16-6-10-18(31-2)11-7-16/h4-12H,3,13-14H2,1-2H3,(H,24,29)(H,25,30). The molecule has 0 aliphatic rings. The van der Waals surface area contributed by atoms with E-state index in [1.165, 1.54) is 26.7 Å². The molecule has 0 fully saturated rings. The van der Waals surface area contributed by atoms with Gasteiger partial charge in [0.2, 0.25) is 11.1 Å². The van der Waals surface area contributed by atoms with Crippen molar-refractivity contribution < 1.29 is 4.79 Å². The van der Waals surface area contributed by atoms with Crippen LogP contribution in [0.1, 0.15) is 18.1 Å². The van der Waals surface area contributed by atoms with Gasteiger partial charge in [-0.05, 0) is 42.0 Å². The van der Waals surface area contributed by atoms with Crippen LogP contribution in [-0.2, 0) is 17.8 Å². The predicted molar refractivity (Wildman–Crippen MR) is 129 cm³/mol. The Kier molecular flexibility index (Phi) is 6.96. The highest BCUT2D eigenvalue weighted by atomic mass is 32.2. The molecule has 4 aromatic rings. The van der Waals surface area contributed by atoms with E-state index < -0.39 is 0 Å². The molecule has 9 heteroatoms. The number of nitrogens with one attached hydrogen (secondary N) is 2. The molecule has 0 aliphatic heterocycles. The minimum atomic E-state index is -0.323. The van der Waals surface area contributed by atoms with Crippen molar-refractivity contribution >= 4 is 34.9 Å². The lowest BCUT2D eigenvalue weighted by molar-refractivity contribution is -0.118. The highest BCUT2D eigenvalue weighted by molar-refractivity contribution is 7.99. The average Bonchev–Trinajstić information content (AvgIpc) is 3.29. The van der Waals surface area contributed by atoms with E-state index >= 15 is 0 Å². The third-order valence-corrected chi connectivity index (χ3v) is 6.69. The van der Waals surface area contributed by atoms with Crippen molar-refractivity contribution in [3.63, 3.8) is 0 Å². The number of thioether (sulfide) groups is 2. The smallest absolute Gasteiger partial charge is 0.290 e. The van der Waals surface area contributed by atoms with E-state index in [0.717, 1.165) is 17.5 Å². The Morgan fingerprint density at radius 3 is 2.50 bits per heavy atom. The average molecular weight is 466 g/mol. The van der Waals surface area contributed by atoms with Crippen LogP contribution >= 0.6 is 23.5 Å². The molecule has 2 heterocycles. The van der Waals surface area contributed by atoms with Crippen LogP contribution in [0.25, 0.3) is 16.8 Å². The maximum atomic E-state index is 12.3. The van der Waals surface area contributed by atoms with E-state index in [0.29, 0.717) is 22.9 Å². The summed E-state index contributed by atoms with van der Waals surface area (Å²) in [6.45, 7) is 2.56. The Morgan fingerprint density at radius 1 is 1.09 bits per heavy atom. The first kappa shape index (κ1) is 22.2. The number of aromatic nitrogens is 4. The van der Waals surface area contributed by atoms with Crippen molar-refractivity contribution in [3.8, 4) is 11.3 Å². The molecule has 164 valence electrons. The second-order valence-corrected chi connectivity index (χ2v) is 8.95. The van der Waals surface area contributed by atoms with Crippen LogP contribution in [0.3, 0.4) is 0 Å². The minimum absolute atomic E-state index is 0.118. The summed E-state index contributed by atoms with van der Waals surface area (Å²) >= 11 is 2.91. The number of benzene rings is 2. The molecular formula is C23H23N5O2S2. The van der Waals surface area contributed by atoms with Gasteiger partial charge in [-0.25, -0.2) is 9.61 Å². The molecule has 0 unspecified atom stereocenters. The van der Waals surface area contributed by atoms with Gasteiger partial charge in [0.05, 0.1) is 11.4 Å². The van der Waals surface area contributed by atoms with Gasteiger partial charge in [-0.15, -0.1) is 16.9 Å². The molecule has 32 heavy (non-hydrogen) atoms. The second-order valence-electron chi connectivity index (χ2n) is 7.13. The Labute approximate surface area is 194 Å². The maximum absolute atomic E-state index is 12.3. The summed E-state index contributed by atoms with van der Waals surface area (Å²) in [7, 11) is 0. The number of rotatable bonds is 8. The van der Waals surface area contributed by atoms with Crippen LogP contribution in [0, 0.1) is 0 Å². The van der Waals surface area contributed by atoms with Crippen molar-refractivity contribution in [2.75, 3.05) is 12.0 Å². The van der Waals surface area contributed by atoms with Crippen LogP contribution in [-0.4, -0.2) is 37.7 Å². The lowest BCUT2D eigenvalue weighted by Crippen LogP contribution is -2.25. The van der Waals surface area contributed by atoms with Gasteiger partial charge in [0.15, 0.2) is 0 Å².